The Hall–Kier alpha value is -3.33. The van der Waals surface area contributed by atoms with E-state index in [0.29, 0.717) is 5.02 Å². The molecule has 0 heterocycles. The van der Waals surface area contributed by atoms with E-state index in [2.05, 4.69) is 5.32 Å². The Morgan fingerprint density at radius 1 is 1.27 bits per heavy atom. The summed E-state index contributed by atoms with van der Waals surface area (Å²) in [4.78, 5) is 34.3. The summed E-state index contributed by atoms with van der Waals surface area (Å²) in [6.07, 6.45) is 0. The number of benzene rings is 2. The number of ether oxygens (including phenoxy) is 2. The Morgan fingerprint density at radius 2 is 2.00 bits per heavy atom. The zero-order valence-electron chi connectivity index (χ0n) is 13.5. The van der Waals surface area contributed by atoms with E-state index in [1.165, 1.54) is 37.4 Å². The zero-order valence-corrected chi connectivity index (χ0v) is 14.3. The largest absolute Gasteiger partial charge is 0.496 e. The standard InChI is InChI=1S/C16H14ClN3O6/c1-25-10-3-5-13(14(7-10)20(23)24)19-15(21)8-26-16(22)11-4-2-9(17)6-12(11)18/h2-7H,8,18H2,1H3,(H,19,21). The van der Waals surface area contributed by atoms with Crippen LogP contribution in [0.3, 0.4) is 0 Å². The third kappa shape index (κ3) is 4.61. The number of carbonyl (C=O) groups excluding carboxylic acids is 2. The lowest BCUT2D eigenvalue weighted by molar-refractivity contribution is -0.384. The number of nitrogen functional groups attached to an aromatic ring is 1. The second-order valence-corrected chi connectivity index (χ2v) is 5.43. The molecule has 0 aliphatic carbocycles. The number of carbonyl (C=O) groups is 2. The van der Waals surface area contributed by atoms with Gasteiger partial charge in [-0.3, -0.25) is 14.9 Å². The van der Waals surface area contributed by atoms with Crippen molar-refractivity contribution in [1.82, 2.24) is 0 Å². The molecule has 2 aromatic carbocycles. The summed E-state index contributed by atoms with van der Waals surface area (Å²) in [5.41, 5.74) is 5.41. The molecule has 0 aromatic heterocycles. The minimum absolute atomic E-state index is 0.0529. The number of nitrogens with one attached hydrogen (secondary N) is 1. The topological polar surface area (TPSA) is 134 Å². The minimum Gasteiger partial charge on any atom is -0.496 e. The van der Waals surface area contributed by atoms with Gasteiger partial charge in [0.1, 0.15) is 11.4 Å². The van der Waals surface area contributed by atoms with Crippen LogP contribution in [0.25, 0.3) is 0 Å². The summed E-state index contributed by atoms with van der Waals surface area (Å²) in [5.74, 6) is -1.31. The number of nitro benzene ring substituents is 1. The van der Waals surface area contributed by atoms with Crippen LogP contribution in [-0.2, 0) is 9.53 Å². The lowest BCUT2D eigenvalue weighted by Gasteiger charge is -2.09. The Kier molecular flexibility index (Phi) is 5.97. The summed E-state index contributed by atoms with van der Waals surface area (Å²) >= 11 is 5.74. The third-order valence-corrected chi connectivity index (χ3v) is 3.48. The van der Waals surface area contributed by atoms with Gasteiger partial charge < -0.3 is 20.5 Å². The first-order valence-corrected chi connectivity index (χ1v) is 7.54. The zero-order chi connectivity index (χ0) is 19.3. The normalized spacial score (nSPS) is 10.1. The number of hydrogen-bond acceptors (Lipinski definition) is 7. The molecule has 10 heteroatoms. The number of halogens is 1. The number of hydrogen-bond donors (Lipinski definition) is 2. The second kappa shape index (κ2) is 8.17. The van der Waals surface area contributed by atoms with Gasteiger partial charge in [0.05, 0.1) is 23.7 Å². The van der Waals surface area contributed by atoms with Crippen molar-refractivity contribution < 1.29 is 24.0 Å². The van der Waals surface area contributed by atoms with E-state index in [-0.39, 0.29) is 28.4 Å². The molecular formula is C16H14ClN3O6. The number of amides is 1. The molecule has 9 nitrogen and oxygen atoms in total. The molecule has 0 fully saturated rings. The highest BCUT2D eigenvalue weighted by molar-refractivity contribution is 6.31. The highest BCUT2D eigenvalue weighted by Gasteiger charge is 2.19. The van der Waals surface area contributed by atoms with Gasteiger partial charge in [0.15, 0.2) is 6.61 Å². The Bertz CT molecular complexity index is 871. The van der Waals surface area contributed by atoms with Gasteiger partial charge in [0, 0.05) is 10.7 Å². The van der Waals surface area contributed by atoms with E-state index >= 15 is 0 Å². The molecule has 0 bridgehead atoms. The molecule has 2 aromatic rings. The van der Waals surface area contributed by atoms with Crippen LogP contribution < -0.4 is 15.8 Å². The van der Waals surface area contributed by atoms with Crippen molar-refractivity contribution in [3.8, 4) is 5.75 Å². The third-order valence-electron chi connectivity index (χ3n) is 3.24. The Labute approximate surface area is 152 Å². The molecular weight excluding hydrogens is 366 g/mol. The highest BCUT2D eigenvalue weighted by Crippen LogP contribution is 2.28. The van der Waals surface area contributed by atoms with Gasteiger partial charge >= 0.3 is 5.97 Å². The van der Waals surface area contributed by atoms with E-state index < -0.39 is 23.4 Å². The first kappa shape index (κ1) is 19.0. The van der Waals surface area contributed by atoms with Gasteiger partial charge in [-0.15, -0.1) is 0 Å². The first-order valence-electron chi connectivity index (χ1n) is 7.16. The number of rotatable bonds is 6. The smallest absolute Gasteiger partial charge is 0.340 e. The highest BCUT2D eigenvalue weighted by atomic mass is 35.5. The number of methoxy groups -OCH3 is 1. The summed E-state index contributed by atoms with van der Waals surface area (Å²) in [6, 6.07) is 8.12. The van der Waals surface area contributed by atoms with Crippen LogP contribution in [0.15, 0.2) is 36.4 Å². The summed E-state index contributed by atoms with van der Waals surface area (Å²) in [5, 5.41) is 13.7. The van der Waals surface area contributed by atoms with Crippen molar-refractivity contribution in [2.45, 2.75) is 0 Å². The Balaban J connectivity index is 2.03. The SMILES string of the molecule is COc1ccc(NC(=O)COC(=O)c2ccc(Cl)cc2N)c([N+](=O)[O-])c1. The molecule has 2 rings (SSSR count). The summed E-state index contributed by atoms with van der Waals surface area (Å²) in [7, 11) is 1.36. The monoisotopic (exact) mass is 379 g/mol. The molecule has 0 atom stereocenters. The summed E-state index contributed by atoms with van der Waals surface area (Å²) in [6.45, 7) is -0.649. The molecule has 0 aliphatic heterocycles. The molecule has 136 valence electrons. The van der Waals surface area contributed by atoms with Crippen LogP contribution in [0, 0.1) is 10.1 Å². The maximum atomic E-state index is 11.9. The van der Waals surface area contributed by atoms with E-state index in [9.17, 15) is 19.7 Å². The lowest BCUT2D eigenvalue weighted by Crippen LogP contribution is -2.21. The fraction of sp³-hybridized carbons (Fsp3) is 0.125. The van der Waals surface area contributed by atoms with Gasteiger partial charge in [0.2, 0.25) is 0 Å². The predicted molar refractivity (Wildman–Crippen MR) is 94.4 cm³/mol. The van der Waals surface area contributed by atoms with Gasteiger partial charge in [-0.1, -0.05) is 11.6 Å². The maximum Gasteiger partial charge on any atom is 0.340 e. The van der Waals surface area contributed by atoms with Gasteiger partial charge in [-0.05, 0) is 30.3 Å². The van der Waals surface area contributed by atoms with E-state index in [1.54, 1.807) is 0 Å². The average Bonchev–Trinajstić information content (AvgIpc) is 2.59. The molecule has 3 N–H and O–H groups in total. The number of esters is 1. The van der Waals surface area contributed by atoms with Crippen molar-refractivity contribution in [1.29, 1.82) is 0 Å². The van der Waals surface area contributed by atoms with Crippen molar-refractivity contribution in [3.63, 3.8) is 0 Å². The molecule has 0 saturated heterocycles. The molecule has 0 saturated carbocycles. The molecule has 1 amide bonds. The fourth-order valence-corrected chi connectivity index (χ4v) is 2.19. The average molecular weight is 380 g/mol. The van der Waals surface area contributed by atoms with Crippen LogP contribution in [0.5, 0.6) is 5.75 Å². The molecule has 0 spiro atoms. The summed E-state index contributed by atoms with van der Waals surface area (Å²) < 4.78 is 9.76. The van der Waals surface area contributed by atoms with E-state index in [4.69, 9.17) is 26.8 Å². The number of nitrogens with two attached hydrogens (primary N) is 1. The second-order valence-electron chi connectivity index (χ2n) is 5.00. The van der Waals surface area contributed by atoms with Crippen molar-refractivity contribution in [2.24, 2.45) is 0 Å². The number of nitrogens with zero attached hydrogens (tertiary/aromatic N) is 1. The van der Waals surface area contributed by atoms with E-state index in [1.807, 2.05) is 0 Å². The van der Waals surface area contributed by atoms with Crippen LogP contribution in [0.1, 0.15) is 10.4 Å². The Morgan fingerprint density at radius 3 is 2.62 bits per heavy atom. The lowest BCUT2D eigenvalue weighted by atomic mass is 10.2. The van der Waals surface area contributed by atoms with Crippen molar-refractivity contribution in [2.75, 3.05) is 24.8 Å². The van der Waals surface area contributed by atoms with Crippen molar-refractivity contribution in [3.05, 3.63) is 57.1 Å². The minimum atomic E-state index is -0.821. The molecule has 0 radical (unpaired) electrons. The number of anilines is 2. The predicted octanol–water partition coefficient (Wildman–Crippen LogP) is 2.63. The molecule has 0 aliphatic rings. The maximum absolute atomic E-state index is 11.9. The van der Waals surface area contributed by atoms with Crippen LogP contribution in [0.4, 0.5) is 17.1 Å². The fourth-order valence-electron chi connectivity index (χ4n) is 2.01. The van der Waals surface area contributed by atoms with Gasteiger partial charge in [-0.2, -0.15) is 0 Å². The van der Waals surface area contributed by atoms with Crippen molar-refractivity contribution >= 4 is 40.5 Å². The quantitative estimate of drug-likeness (QED) is 0.341. The van der Waals surface area contributed by atoms with Crippen LogP contribution in [0.2, 0.25) is 5.02 Å². The first-order chi connectivity index (χ1) is 12.3. The van der Waals surface area contributed by atoms with Gasteiger partial charge in [-0.25, -0.2) is 4.79 Å². The van der Waals surface area contributed by atoms with Gasteiger partial charge in [0.25, 0.3) is 11.6 Å². The van der Waals surface area contributed by atoms with E-state index in [0.717, 1.165) is 6.07 Å². The molecule has 0 unspecified atom stereocenters. The number of nitro groups is 1. The van der Waals surface area contributed by atoms with Crippen LogP contribution >= 0.6 is 11.6 Å². The van der Waals surface area contributed by atoms with Crippen LogP contribution in [-0.4, -0.2) is 30.5 Å². The molecule has 26 heavy (non-hydrogen) atoms.